The van der Waals surface area contributed by atoms with Crippen molar-refractivity contribution in [2.45, 2.75) is 19.8 Å². The number of amides is 1. The Balaban J connectivity index is 2.36. The van der Waals surface area contributed by atoms with Gasteiger partial charge in [-0.05, 0) is 19.8 Å². The molecule has 0 radical (unpaired) electrons. The predicted octanol–water partition coefficient (Wildman–Crippen LogP) is 1.74. The highest BCUT2D eigenvalue weighted by Crippen LogP contribution is 2.07. The van der Waals surface area contributed by atoms with E-state index in [0.717, 1.165) is 25.9 Å². The normalized spacial score (nSPS) is 18.2. The Morgan fingerprint density at radius 3 is 2.50 bits per heavy atom. The van der Waals surface area contributed by atoms with Gasteiger partial charge >= 0.3 is 0 Å². The molecular weight excluding hydrogens is 150 g/mol. The monoisotopic (exact) mass is 165 g/mol. The Bertz CT molecular complexity index is 200. The Labute approximate surface area is 73.6 Å². The summed E-state index contributed by atoms with van der Waals surface area (Å²) in [5.74, 6) is 0.144. The lowest BCUT2D eigenvalue weighted by molar-refractivity contribution is -0.124. The third-order valence-electron chi connectivity index (χ3n) is 1.96. The van der Waals surface area contributed by atoms with Crippen LogP contribution < -0.4 is 0 Å². The van der Waals surface area contributed by atoms with Gasteiger partial charge in [-0.3, -0.25) is 4.79 Å². The van der Waals surface area contributed by atoms with Gasteiger partial charge in [0.05, 0.1) is 0 Å². The molecule has 0 unspecified atom stereocenters. The van der Waals surface area contributed by atoms with Crippen LogP contribution in [0.1, 0.15) is 19.8 Å². The Kier molecular flexibility index (Phi) is 3.58. The molecular formula is C10H15NO. The zero-order valence-corrected chi connectivity index (χ0v) is 7.49. The molecule has 0 spiro atoms. The quantitative estimate of drug-likeness (QED) is 0.451. The molecule has 1 rings (SSSR count). The molecule has 1 aliphatic heterocycles. The van der Waals surface area contributed by atoms with Gasteiger partial charge < -0.3 is 4.90 Å². The number of carbonyl (C=O) groups is 1. The first-order chi connectivity index (χ1) is 5.84. The van der Waals surface area contributed by atoms with Crippen LogP contribution in [0.3, 0.4) is 0 Å². The van der Waals surface area contributed by atoms with Crippen LogP contribution in [0, 0.1) is 0 Å². The van der Waals surface area contributed by atoms with Gasteiger partial charge in [-0.25, -0.2) is 0 Å². The van der Waals surface area contributed by atoms with Crippen molar-refractivity contribution in [2.24, 2.45) is 0 Å². The summed E-state index contributed by atoms with van der Waals surface area (Å²) in [6.45, 7) is 3.79. The van der Waals surface area contributed by atoms with Crippen molar-refractivity contribution < 1.29 is 4.79 Å². The van der Waals surface area contributed by atoms with Crippen LogP contribution in [-0.2, 0) is 4.79 Å². The SMILES string of the molecule is C/C=C/C=C/C(=O)N1CCCC1. The maximum atomic E-state index is 11.3. The van der Waals surface area contributed by atoms with E-state index < -0.39 is 0 Å². The number of nitrogens with zero attached hydrogens (tertiary/aromatic N) is 1. The van der Waals surface area contributed by atoms with Crippen LogP contribution in [0.2, 0.25) is 0 Å². The predicted molar refractivity (Wildman–Crippen MR) is 49.8 cm³/mol. The van der Waals surface area contributed by atoms with Gasteiger partial charge in [0.1, 0.15) is 0 Å². The summed E-state index contributed by atoms with van der Waals surface area (Å²) in [6.07, 6.45) is 9.51. The van der Waals surface area contributed by atoms with Crippen molar-refractivity contribution in [3.05, 3.63) is 24.3 Å². The maximum absolute atomic E-state index is 11.3. The van der Waals surface area contributed by atoms with Crippen LogP contribution in [0.4, 0.5) is 0 Å². The minimum atomic E-state index is 0.144. The average molecular weight is 165 g/mol. The van der Waals surface area contributed by atoms with Gasteiger partial charge in [0, 0.05) is 19.2 Å². The lowest BCUT2D eigenvalue weighted by Crippen LogP contribution is -2.25. The molecule has 2 heteroatoms. The topological polar surface area (TPSA) is 20.3 Å². The molecule has 1 fully saturated rings. The summed E-state index contributed by atoms with van der Waals surface area (Å²) in [5, 5.41) is 0. The third-order valence-corrected chi connectivity index (χ3v) is 1.96. The van der Waals surface area contributed by atoms with Crippen molar-refractivity contribution in [1.29, 1.82) is 0 Å². The molecule has 12 heavy (non-hydrogen) atoms. The maximum Gasteiger partial charge on any atom is 0.246 e. The van der Waals surface area contributed by atoms with Gasteiger partial charge in [-0.2, -0.15) is 0 Å². The molecule has 1 heterocycles. The second-order valence-electron chi connectivity index (χ2n) is 2.92. The molecule has 0 bridgehead atoms. The minimum absolute atomic E-state index is 0.144. The first-order valence-corrected chi connectivity index (χ1v) is 4.43. The summed E-state index contributed by atoms with van der Waals surface area (Å²) >= 11 is 0. The highest BCUT2D eigenvalue weighted by atomic mass is 16.2. The number of likely N-dealkylation sites (tertiary alicyclic amines) is 1. The first kappa shape index (κ1) is 9.04. The van der Waals surface area contributed by atoms with Gasteiger partial charge in [-0.1, -0.05) is 18.2 Å². The van der Waals surface area contributed by atoms with Crippen LogP contribution in [0.5, 0.6) is 0 Å². The molecule has 2 nitrogen and oxygen atoms in total. The molecule has 1 amide bonds. The van der Waals surface area contributed by atoms with E-state index in [-0.39, 0.29) is 5.91 Å². The zero-order chi connectivity index (χ0) is 8.81. The summed E-state index contributed by atoms with van der Waals surface area (Å²) < 4.78 is 0. The van der Waals surface area contributed by atoms with E-state index in [1.165, 1.54) is 0 Å². The number of carbonyl (C=O) groups excluding carboxylic acids is 1. The van der Waals surface area contributed by atoms with Crippen molar-refractivity contribution >= 4 is 5.91 Å². The largest absolute Gasteiger partial charge is 0.339 e. The molecule has 0 aromatic heterocycles. The standard InChI is InChI=1S/C10H15NO/c1-2-3-4-7-10(12)11-8-5-6-9-11/h2-4,7H,5-6,8-9H2,1H3/b3-2+,7-4+. The van der Waals surface area contributed by atoms with Crippen LogP contribution >= 0.6 is 0 Å². The number of rotatable bonds is 2. The van der Waals surface area contributed by atoms with Gasteiger partial charge in [0.2, 0.25) is 5.91 Å². The number of hydrogen-bond acceptors (Lipinski definition) is 1. The van der Waals surface area contributed by atoms with E-state index >= 15 is 0 Å². The van der Waals surface area contributed by atoms with E-state index in [1.54, 1.807) is 12.2 Å². The molecule has 0 atom stereocenters. The molecule has 0 aliphatic carbocycles. The fraction of sp³-hybridized carbons (Fsp3) is 0.500. The van der Waals surface area contributed by atoms with E-state index in [1.807, 2.05) is 24.0 Å². The van der Waals surface area contributed by atoms with Crippen molar-refractivity contribution in [3.8, 4) is 0 Å². The zero-order valence-electron chi connectivity index (χ0n) is 7.49. The second-order valence-corrected chi connectivity index (χ2v) is 2.92. The third kappa shape index (κ3) is 2.53. The molecule has 0 saturated carbocycles. The first-order valence-electron chi connectivity index (χ1n) is 4.43. The Morgan fingerprint density at radius 1 is 1.25 bits per heavy atom. The highest BCUT2D eigenvalue weighted by molar-refractivity contribution is 5.88. The summed E-state index contributed by atoms with van der Waals surface area (Å²) in [7, 11) is 0. The molecule has 1 saturated heterocycles. The second kappa shape index (κ2) is 4.75. The van der Waals surface area contributed by atoms with E-state index in [0.29, 0.717) is 0 Å². The highest BCUT2D eigenvalue weighted by Gasteiger charge is 2.14. The fourth-order valence-corrected chi connectivity index (χ4v) is 1.29. The van der Waals surface area contributed by atoms with Crippen LogP contribution in [0.15, 0.2) is 24.3 Å². The van der Waals surface area contributed by atoms with E-state index in [9.17, 15) is 4.79 Å². The number of allylic oxidation sites excluding steroid dienone is 3. The van der Waals surface area contributed by atoms with Crippen LogP contribution in [0.25, 0.3) is 0 Å². The molecule has 66 valence electrons. The van der Waals surface area contributed by atoms with Gasteiger partial charge in [-0.15, -0.1) is 0 Å². The van der Waals surface area contributed by atoms with Crippen molar-refractivity contribution in [1.82, 2.24) is 4.90 Å². The van der Waals surface area contributed by atoms with Gasteiger partial charge in [0.25, 0.3) is 0 Å². The molecule has 1 aliphatic rings. The lowest BCUT2D eigenvalue weighted by Gasteiger charge is -2.11. The Morgan fingerprint density at radius 2 is 1.92 bits per heavy atom. The minimum Gasteiger partial charge on any atom is -0.339 e. The molecule has 0 aromatic rings. The lowest BCUT2D eigenvalue weighted by atomic mass is 10.4. The van der Waals surface area contributed by atoms with Crippen molar-refractivity contribution in [3.63, 3.8) is 0 Å². The van der Waals surface area contributed by atoms with E-state index in [2.05, 4.69) is 0 Å². The van der Waals surface area contributed by atoms with Gasteiger partial charge in [0.15, 0.2) is 0 Å². The average Bonchev–Trinajstić information content (AvgIpc) is 2.56. The summed E-state index contributed by atoms with van der Waals surface area (Å²) in [6, 6.07) is 0. The fourth-order valence-electron chi connectivity index (χ4n) is 1.29. The smallest absolute Gasteiger partial charge is 0.246 e. The molecule has 0 N–H and O–H groups in total. The van der Waals surface area contributed by atoms with Crippen LogP contribution in [-0.4, -0.2) is 23.9 Å². The molecule has 0 aromatic carbocycles. The Hall–Kier alpha value is -1.05. The van der Waals surface area contributed by atoms with Crippen molar-refractivity contribution in [2.75, 3.05) is 13.1 Å². The summed E-state index contributed by atoms with van der Waals surface area (Å²) in [4.78, 5) is 13.2. The van der Waals surface area contributed by atoms with E-state index in [4.69, 9.17) is 0 Å². The summed E-state index contributed by atoms with van der Waals surface area (Å²) in [5.41, 5.74) is 0. The number of hydrogen-bond donors (Lipinski definition) is 0.